The van der Waals surface area contributed by atoms with E-state index in [1.807, 2.05) is 0 Å². The molecular weight excluding hydrogens is 771 g/mol. The molecule has 0 heterocycles. The molecular formula is C63H41N. The molecule has 1 nitrogen and oxygen atoms in total. The summed E-state index contributed by atoms with van der Waals surface area (Å²) in [6, 6.07) is 91.9. The predicted octanol–water partition coefficient (Wildman–Crippen LogP) is 16.8. The summed E-state index contributed by atoms with van der Waals surface area (Å²) in [5.41, 5.74) is 20.9. The van der Waals surface area contributed by atoms with Crippen LogP contribution in [0, 0.1) is 0 Å². The van der Waals surface area contributed by atoms with Gasteiger partial charge in [0.15, 0.2) is 0 Å². The van der Waals surface area contributed by atoms with Crippen LogP contribution in [0.5, 0.6) is 0 Å². The van der Waals surface area contributed by atoms with E-state index in [0.717, 1.165) is 17.1 Å². The van der Waals surface area contributed by atoms with Gasteiger partial charge in [-0.3, -0.25) is 0 Å². The van der Waals surface area contributed by atoms with Crippen molar-refractivity contribution in [3.05, 3.63) is 271 Å². The number of anilines is 3. The molecule has 298 valence electrons. The molecule has 0 saturated heterocycles. The van der Waals surface area contributed by atoms with Crippen LogP contribution in [0.15, 0.2) is 249 Å². The molecule has 0 aromatic heterocycles. The number of hydrogen-bond acceptors (Lipinski definition) is 1. The van der Waals surface area contributed by atoms with E-state index in [1.54, 1.807) is 0 Å². The van der Waals surface area contributed by atoms with E-state index < -0.39 is 5.41 Å². The molecule has 0 bridgehead atoms. The van der Waals surface area contributed by atoms with Gasteiger partial charge in [0.2, 0.25) is 0 Å². The van der Waals surface area contributed by atoms with Gasteiger partial charge >= 0.3 is 0 Å². The number of hydrogen-bond donors (Lipinski definition) is 0. The van der Waals surface area contributed by atoms with Gasteiger partial charge in [-0.05, 0) is 136 Å². The van der Waals surface area contributed by atoms with Crippen LogP contribution >= 0.6 is 0 Å². The van der Waals surface area contributed by atoms with Gasteiger partial charge in [-0.25, -0.2) is 0 Å². The summed E-state index contributed by atoms with van der Waals surface area (Å²) in [6.07, 6.45) is 0. The van der Waals surface area contributed by atoms with Crippen molar-refractivity contribution >= 4 is 38.6 Å². The molecule has 2 aliphatic carbocycles. The Morgan fingerprint density at radius 2 is 0.547 bits per heavy atom. The third-order valence-corrected chi connectivity index (χ3v) is 13.9. The predicted molar refractivity (Wildman–Crippen MR) is 269 cm³/mol. The first-order valence-corrected chi connectivity index (χ1v) is 22.3. The fraction of sp³-hybridized carbons (Fsp3) is 0.0159. The second-order valence-corrected chi connectivity index (χ2v) is 17.1. The zero-order valence-corrected chi connectivity index (χ0v) is 35.1. The third-order valence-electron chi connectivity index (χ3n) is 13.9. The van der Waals surface area contributed by atoms with E-state index >= 15 is 0 Å². The van der Waals surface area contributed by atoms with E-state index in [4.69, 9.17) is 0 Å². The third kappa shape index (κ3) is 5.38. The summed E-state index contributed by atoms with van der Waals surface area (Å²) >= 11 is 0. The Balaban J connectivity index is 0.948. The van der Waals surface area contributed by atoms with E-state index in [0.29, 0.717) is 0 Å². The van der Waals surface area contributed by atoms with Gasteiger partial charge in [0.1, 0.15) is 0 Å². The molecule has 1 heteroatoms. The fourth-order valence-electron chi connectivity index (χ4n) is 11.2. The van der Waals surface area contributed by atoms with Crippen LogP contribution in [-0.4, -0.2) is 0 Å². The quantitative estimate of drug-likeness (QED) is 0.162. The number of nitrogens with zero attached hydrogens (tertiary/aromatic N) is 1. The van der Waals surface area contributed by atoms with Gasteiger partial charge in [-0.2, -0.15) is 0 Å². The highest BCUT2D eigenvalue weighted by atomic mass is 15.1. The minimum Gasteiger partial charge on any atom is -0.311 e. The molecule has 2 aliphatic rings. The average molecular weight is 812 g/mol. The largest absolute Gasteiger partial charge is 0.311 e. The van der Waals surface area contributed by atoms with Crippen LogP contribution in [0.2, 0.25) is 0 Å². The summed E-state index contributed by atoms with van der Waals surface area (Å²) in [6.45, 7) is 0. The zero-order chi connectivity index (χ0) is 42.2. The lowest BCUT2D eigenvalue weighted by atomic mass is 9.68. The van der Waals surface area contributed by atoms with Crippen molar-refractivity contribution in [2.75, 3.05) is 4.90 Å². The van der Waals surface area contributed by atoms with Crippen molar-refractivity contribution in [1.82, 2.24) is 0 Å². The van der Waals surface area contributed by atoms with Crippen molar-refractivity contribution in [3.8, 4) is 55.6 Å². The smallest absolute Gasteiger partial charge is 0.0731 e. The minimum atomic E-state index is -0.419. The molecule has 11 aromatic rings. The van der Waals surface area contributed by atoms with Crippen LogP contribution in [0.4, 0.5) is 17.1 Å². The molecule has 0 amide bonds. The van der Waals surface area contributed by atoms with Crippen molar-refractivity contribution < 1.29 is 0 Å². The Labute approximate surface area is 373 Å². The van der Waals surface area contributed by atoms with Gasteiger partial charge in [0.05, 0.1) is 5.41 Å². The first-order valence-electron chi connectivity index (χ1n) is 22.3. The Bertz CT molecular complexity index is 3400. The molecule has 0 unspecified atom stereocenters. The zero-order valence-electron chi connectivity index (χ0n) is 35.1. The summed E-state index contributed by atoms with van der Waals surface area (Å²) in [5.74, 6) is 0. The SMILES string of the molecule is c1ccc2c(c1)-c1ccccc1C21c2ccccc2-c2cccc(-c3ccc(N(c4ccc(-c5cccc6ccccc56)cc4)c4ccc(-c5cccc6ccccc56)cc4)cc3)c21. The van der Waals surface area contributed by atoms with Crippen LogP contribution in [0.3, 0.4) is 0 Å². The number of benzene rings is 11. The number of fused-ring (bicyclic) bond motifs is 12. The Morgan fingerprint density at radius 3 is 1.02 bits per heavy atom. The lowest BCUT2D eigenvalue weighted by Crippen LogP contribution is -2.26. The van der Waals surface area contributed by atoms with Crippen molar-refractivity contribution in [3.63, 3.8) is 0 Å². The Morgan fingerprint density at radius 1 is 0.234 bits per heavy atom. The van der Waals surface area contributed by atoms with Crippen LogP contribution in [0.1, 0.15) is 22.3 Å². The first-order chi connectivity index (χ1) is 31.8. The maximum atomic E-state index is 2.39. The van der Waals surface area contributed by atoms with E-state index in [9.17, 15) is 0 Å². The van der Waals surface area contributed by atoms with Crippen molar-refractivity contribution in [2.24, 2.45) is 0 Å². The average Bonchev–Trinajstić information content (AvgIpc) is 3.84. The van der Waals surface area contributed by atoms with Gasteiger partial charge in [-0.1, -0.05) is 212 Å². The highest BCUT2D eigenvalue weighted by molar-refractivity contribution is 6.00. The summed E-state index contributed by atoms with van der Waals surface area (Å²) in [5, 5.41) is 5.02. The second-order valence-electron chi connectivity index (χ2n) is 17.1. The van der Waals surface area contributed by atoms with Crippen LogP contribution in [0.25, 0.3) is 77.2 Å². The molecule has 11 aromatic carbocycles. The van der Waals surface area contributed by atoms with Crippen molar-refractivity contribution in [1.29, 1.82) is 0 Å². The summed E-state index contributed by atoms with van der Waals surface area (Å²) in [7, 11) is 0. The maximum Gasteiger partial charge on any atom is 0.0731 e. The monoisotopic (exact) mass is 811 g/mol. The van der Waals surface area contributed by atoms with E-state index in [2.05, 4.69) is 254 Å². The maximum absolute atomic E-state index is 2.39. The van der Waals surface area contributed by atoms with Gasteiger partial charge in [-0.15, -0.1) is 0 Å². The second kappa shape index (κ2) is 14.4. The Kier molecular flexibility index (Phi) is 8.20. The normalized spacial score (nSPS) is 12.8. The highest BCUT2D eigenvalue weighted by Gasteiger charge is 2.52. The fourth-order valence-corrected chi connectivity index (χ4v) is 11.2. The number of rotatable bonds is 6. The molecule has 13 rings (SSSR count). The van der Waals surface area contributed by atoms with Gasteiger partial charge in [0.25, 0.3) is 0 Å². The molecule has 0 atom stereocenters. The van der Waals surface area contributed by atoms with E-state index in [1.165, 1.54) is 99.4 Å². The van der Waals surface area contributed by atoms with Gasteiger partial charge < -0.3 is 4.90 Å². The first kappa shape index (κ1) is 36.4. The molecule has 0 fully saturated rings. The van der Waals surface area contributed by atoms with Gasteiger partial charge in [0, 0.05) is 17.1 Å². The minimum absolute atomic E-state index is 0.419. The molecule has 64 heavy (non-hydrogen) atoms. The molecule has 1 spiro atoms. The lowest BCUT2D eigenvalue weighted by Gasteiger charge is -2.32. The topological polar surface area (TPSA) is 3.24 Å². The van der Waals surface area contributed by atoms with Crippen LogP contribution < -0.4 is 4.90 Å². The molecule has 0 aliphatic heterocycles. The van der Waals surface area contributed by atoms with E-state index in [-0.39, 0.29) is 0 Å². The molecule has 0 N–H and O–H groups in total. The summed E-state index contributed by atoms with van der Waals surface area (Å²) < 4.78 is 0. The highest BCUT2D eigenvalue weighted by Crippen LogP contribution is 2.64. The lowest BCUT2D eigenvalue weighted by molar-refractivity contribution is 0.796. The summed E-state index contributed by atoms with van der Waals surface area (Å²) in [4.78, 5) is 2.39. The molecule has 0 radical (unpaired) electrons. The molecule has 0 saturated carbocycles. The standard InChI is InChI=1S/C63H41N/c1-3-18-50-42(14-1)16-11-23-52(50)44-30-36-47(37-31-44)64(48-38-32-45(33-39-48)53-24-12-17-43-15-2-4-19-51(43)53)49-40-34-46(35-41-49)54-25-13-26-58-57-22-7-10-29-61(57)63(62(54)58)59-27-8-5-20-55(59)56-21-6-9-28-60(56)63/h1-41H. The van der Waals surface area contributed by atoms with Crippen molar-refractivity contribution in [2.45, 2.75) is 5.41 Å². The van der Waals surface area contributed by atoms with Crippen LogP contribution in [-0.2, 0) is 5.41 Å². The Hall–Kier alpha value is -8.26.